The smallest absolute Gasteiger partial charge is 0.413 e. The first-order chi connectivity index (χ1) is 12.5. The van der Waals surface area contributed by atoms with Gasteiger partial charge in [0, 0.05) is 4.57 Å². The minimum atomic E-state index is -3.52. The fourth-order valence-electron chi connectivity index (χ4n) is 1.97. The van der Waals surface area contributed by atoms with E-state index in [-0.39, 0.29) is 0 Å². The molecule has 26 heavy (non-hydrogen) atoms. The van der Waals surface area contributed by atoms with Gasteiger partial charge in [-0.25, -0.2) is 4.57 Å². The Morgan fingerprint density at radius 2 is 0.962 bits per heavy atom. The Hall–Kier alpha value is -2.49. The van der Waals surface area contributed by atoms with Crippen LogP contribution >= 0.6 is 15.9 Å². The highest BCUT2D eigenvalue weighted by Gasteiger charge is 2.31. The predicted octanol–water partition coefficient (Wildman–Crippen LogP) is 4.29. The summed E-state index contributed by atoms with van der Waals surface area (Å²) in [6.07, 6.45) is 0. The van der Waals surface area contributed by atoms with Crippen LogP contribution in [0.2, 0.25) is 0 Å². The van der Waals surface area contributed by atoms with Crippen LogP contribution < -0.4 is 14.4 Å². The second-order valence-electron chi connectivity index (χ2n) is 4.89. The summed E-state index contributed by atoms with van der Waals surface area (Å²) in [6.45, 7) is 0. The highest BCUT2D eigenvalue weighted by Crippen LogP contribution is 2.47. The molecule has 0 spiro atoms. The number of rotatable bonds is 5. The Bertz CT molecular complexity index is 807. The number of para-hydroxylation sites is 2. The molecule has 6 nitrogen and oxygen atoms in total. The standard InChI is InChI=1S/C18H15O3P.HO3P/c19-22(18-14-8-3-9-15-18,20-16-10-4-1-5-11-16)21-17-12-6-2-7-13-17;1-4(2)3/h1-15H;(H-,1,2,3)/p+1. The lowest BCUT2D eigenvalue weighted by atomic mass is 10.3. The van der Waals surface area contributed by atoms with Crippen molar-refractivity contribution < 1.29 is 28.0 Å². The Morgan fingerprint density at radius 1 is 0.654 bits per heavy atom. The Labute approximate surface area is 152 Å². The molecule has 0 heterocycles. The zero-order valence-electron chi connectivity index (χ0n) is 13.6. The van der Waals surface area contributed by atoms with Crippen molar-refractivity contribution in [3.05, 3.63) is 91.0 Å². The summed E-state index contributed by atoms with van der Waals surface area (Å²) in [5, 5.41) is 0.516. The molecule has 0 saturated heterocycles. The van der Waals surface area contributed by atoms with Gasteiger partial charge in [-0.3, -0.25) is 0 Å². The third-order valence-electron chi connectivity index (χ3n) is 3.01. The van der Waals surface area contributed by atoms with Gasteiger partial charge in [0.25, 0.3) is 0 Å². The van der Waals surface area contributed by atoms with E-state index in [4.69, 9.17) is 23.4 Å². The molecule has 0 aliphatic rings. The summed E-state index contributed by atoms with van der Waals surface area (Å²) in [4.78, 5) is 14.2. The van der Waals surface area contributed by atoms with Crippen molar-refractivity contribution in [1.29, 1.82) is 0 Å². The normalized spacial score (nSPS) is 10.2. The van der Waals surface area contributed by atoms with Gasteiger partial charge in [0.2, 0.25) is 0 Å². The Morgan fingerprint density at radius 3 is 1.31 bits per heavy atom. The van der Waals surface area contributed by atoms with Crippen molar-refractivity contribution in [3.8, 4) is 11.5 Å². The highest BCUT2D eigenvalue weighted by atomic mass is 31.2. The van der Waals surface area contributed by atoms with Crippen LogP contribution in [0.15, 0.2) is 91.0 Å². The van der Waals surface area contributed by atoms with Gasteiger partial charge in [0.05, 0.1) is 5.30 Å². The van der Waals surface area contributed by atoms with Crippen LogP contribution in [0.1, 0.15) is 0 Å². The average Bonchev–Trinajstić information content (AvgIpc) is 2.63. The molecule has 0 unspecified atom stereocenters. The summed E-state index contributed by atoms with van der Waals surface area (Å²) >= 11 is 0. The maximum absolute atomic E-state index is 13.3. The number of benzene rings is 3. The molecule has 0 aromatic heterocycles. The number of hydrogen-bond donors (Lipinski definition) is 2. The molecule has 0 radical (unpaired) electrons. The summed E-state index contributed by atoms with van der Waals surface area (Å²) in [6, 6.07) is 27.0. The zero-order valence-corrected chi connectivity index (χ0v) is 15.4. The van der Waals surface area contributed by atoms with Crippen LogP contribution in [-0.4, -0.2) is 9.79 Å². The van der Waals surface area contributed by atoms with Crippen LogP contribution in [0.5, 0.6) is 11.5 Å². The monoisotopic (exact) mass is 391 g/mol. The summed E-state index contributed by atoms with van der Waals surface area (Å²) in [5.41, 5.74) is 0. The minimum absolute atomic E-state index is 0.505. The lowest BCUT2D eigenvalue weighted by Crippen LogP contribution is -2.14. The highest BCUT2D eigenvalue weighted by molar-refractivity contribution is 7.63. The quantitative estimate of drug-likeness (QED) is 0.631. The lowest BCUT2D eigenvalue weighted by molar-refractivity contribution is 0.399. The van der Waals surface area contributed by atoms with Crippen LogP contribution in [0.3, 0.4) is 0 Å². The second kappa shape index (κ2) is 9.85. The van der Waals surface area contributed by atoms with E-state index in [0.29, 0.717) is 16.8 Å². The molecular formula is C18H17O6P2+. The maximum Gasteiger partial charge on any atom is 0.692 e. The van der Waals surface area contributed by atoms with Crippen LogP contribution in [0.4, 0.5) is 0 Å². The lowest BCUT2D eigenvalue weighted by Gasteiger charge is -2.20. The first-order valence-electron chi connectivity index (χ1n) is 7.49. The van der Waals surface area contributed by atoms with Crippen molar-refractivity contribution in [1.82, 2.24) is 0 Å². The summed E-state index contributed by atoms with van der Waals surface area (Å²) < 4.78 is 33.5. The molecule has 0 aliphatic heterocycles. The van der Waals surface area contributed by atoms with Crippen molar-refractivity contribution >= 4 is 21.2 Å². The predicted molar refractivity (Wildman–Crippen MR) is 99.9 cm³/mol. The van der Waals surface area contributed by atoms with E-state index >= 15 is 0 Å². The molecule has 0 atom stereocenters. The molecule has 8 heteroatoms. The van der Waals surface area contributed by atoms with Crippen LogP contribution in [0.25, 0.3) is 0 Å². The second-order valence-corrected chi connectivity index (χ2v) is 7.28. The van der Waals surface area contributed by atoms with E-state index in [0.717, 1.165) is 0 Å². The van der Waals surface area contributed by atoms with Gasteiger partial charge in [-0.1, -0.05) is 54.6 Å². The van der Waals surface area contributed by atoms with E-state index < -0.39 is 15.9 Å². The molecule has 0 fully saturated rings. The van der Waals surface area contributed by atoms with Crippen molar-refractivity contribution in [2.75, 3.05) is 0 Å². The molecule has 0 aliphatic carbocycles. The van der Waals surface area contributed by atoms with E-state index in [1.54, 1.807) is 36.4 Å². The Kier molecular flexibility index (Phi) is 7.52. The molecule has 2 N–H and O–H groups in total. The van der Waals surface area contributed by atoms with E-state index in [2.05, 4.69) is 0 Å². The molecule has 3 rings (SSSR count). The van der Waals surface area contributed by atoms with E-state index in [1.165, 1.54) is 0 Å². The number of hydrogen-bond acceptors (Lipinski definition) is 4. The fourth-order valence-corrected chi connectivity index (χ4v) is 3.56. The van der Waals surface area contributed by atoms with E-state index in [1.807, 2.05) is 54.6 Å². The van der Waals surface area contributed by atoms with Gasteiger partial charge < -0.3 is 9.05 Å². The van der Waals surface area contributed by atoms with Crippen LogP contribution in [-0.2, 0) is 9.13 Å². The van der Waals surface area contributed by atoms with Gasteiger partial charge in [0.1, 0.15) is 11.5 Å². The molecule has 0 saturated carbocycles. The van der Waals surface area contributed by atoms with Gasteiger partial charge in [-0.05, 0) is 36.4 Å². The average molecular weight is 391 g/mol. The first-order valence-corrected chi connectivity index (χ1v) is 10.2. The molecule has 0 bridgehead atoms. The maximum atomic E-state index is 13.3. The summed E-state index contributed by atoms with van der Waals surface area (Å²) in [5.74, 6) is 1.01. The van der Waals surface area contributed by atoms with E-state index in [9.17, 15) is 4.57 Å². The van der Waals surface area contributed by atoms with Gasteiger partial charge in [-0.15, -0.1) is 9.79 Å². The third kappa shape index (κ3) is 6.43. The minimum Gasteiger partial charge on any atom is -0.413 e. The first kappa shape index (κ1) is 19.8. The third-order valence-corrected chi connectivity index (χ3v) is 4.84. The summed E-state index contributed by atoms with van der Waals surface area (Å²) in [7, 11) is -6.39. The molecule has 3 aromatic carbocycles. The fraction of sp³-hybridized carbons (Fsp3) is 0. The SMILES string of the molecule is O=P(Oc1ccccc1)(Oc1ccccc1)c1ccccc1.O=[P+](O)O. The van der Waals surface area contributed by atoms with Gasteiger partial charge in [-0.2, -0.15) is 0 Å². The van der Waals surface area contributed by atoms with Crippen molar-refractivity contribution in [2.45, 2.75) is 0 Å². The molecular weight excluding hydrogens is 374 g/mol. The van der Waals surface area contributed by atoms with Crippen molar-refractivity contribution in [3.63, 3.8) is 0 Å². The Balaban J connectivity index is 0.000000552. The van der Waals surface area contributed by atoms with Crippen molar-refractivity contribution in [2.24, 2.45) is 0 Å². The largest absolute Gasteiger partial charge is 0.692 e. The zero-order chi connectivity index (χ0) is 18.8. The molecule has 0 amide bonds. The van der Waals surface area contributed by atoms with Gasteiger partial charge >= 0.3 is 15.9 Å². The molecule has 3 aromatic rings. The topological polar surface area (TPSA) is 93.1 Å². The van der Waals surface area contributed by atoms with Gasteiger partial charge in [0.15, 0.2) is 0 Å². The van der Waals surface area contributed by atoms with Crippen LogP contribution in [0, 0.1) is 0 Å². The molecule has 134 valence electrons.